The van der Waals surface area contributed by atoms with E-state index in [2.05, 4.69) is 15.5 Å². The van der Waals surface area contributed by atoms with E-state index < -0.39 is 0 Å². The molecule has 3 heterocycles. The molecule has 0 radical (unpaired) electrons. The maximum Gasteiger partial charge on any atom is 0.166 e. The number of nitrogens with zero attached hydrogens (tertiary/aromatic N) is 3. The van der Waals surface area contributed by atoms with Gasteiger partial charge in [-0.25, -0.2) is 0 Å². The summed E-state index contributed by atoms with van der Waals surface area (Å²) >= 11 is 0. The van der Waals surface area contributed by atoms with Gasteiger partial charge < -0.3 is 5.32 Å². The van der Waals surface area contributed by atoms with E-state index in [-0.39, 0.29) is 0 Å². The molecule has 0 saturated carbocycles. The number of pyridine rings is 1. The summed E-state index contributed by atoms with van der Waals surface area (Å²) in [5, 5.41) is 11.7. The molecule has 1 fully saturated rings. The minimum absolute atomic E-state index is 0.589. The molecular formula is C13H16N4O. The average Bonchev–Trinajstić information content (AvgIpc) is 2.83. The number of piperidine rings is 1. The first kappa shape index (κ1) is 11.3. The molecule has 0 aromatic carbocycles. The Bertz CT molecular complexity index is 557. The molecule has 0 bridgehead atoms. The second kappa shape index (κ2) is 4.86. The first-order chi connectivity index (χ1) is 8.88. The normalized spacial score (nSPS) is 20.1. The number of hydrogen-bond acceptors (Lipinski definition) is 4. The zero-order valence-electron chi connectivity index (χ0n) is 10.2. The molecule has 0 spiro atoms. The zero-order valence-corrected chi connectivity index (χ0v) is 10.2. The van der Waals surface area contributed by atoms with Crippen LogP contribution in [0.5, 0.6) is 0 Å². The van der Waals surface area contributed by atoms with Gasteiger partial charge in [0.2, 0.25) is 0 Å². The summed E-state index contributed by atoms with van der Waals surface area (Å²) in [7, 11) is 0. The van der Waals surface area contributed by atoms with Gasteiger partial charge in [-0.1, -0.05) is 6.07 Å². The Hall–Kier alpha value is -1.75. The largest absolute Gasteiger partial charge is 0.316 e. The zero-order chi connectivity index (χ0) is 12.4. The van der Waals surface area contributed by atoms with Gasteiger partial charge in [-0.05, 0) is 44.0 Å². The number of fused-ring (bicyclic) bond motifs is 1. The van der Waals surface area contributed by atoms with Crippen molar-refractivity contribution in [1.29, 1.82) is 0 Å². The number of carbonyl (C=O) groups is 1. The molecule has 0 aliphatic carbocycles. The van der Waals surface area contributed by atoms with Crippen LogP contribution in [0.2, 0.25) is 0 Å². The third kappa shape index (κ3) is 2.01. The molecule has 1 unspecified atom stereocenters. The number of nitrogens with one attached hydrogen (secondary N) is 1. The highest BCUT2D eigenvalue weighted by molar-refractivity contribution is 5.73. The van der Waals surface area contributed by atoms with Crippen molar-refractivity contribution in [3.05, 3.63) is 29.7 Å². The van der Waals surface area contributed by atoms with Gasteiger partial charge in [0, 0.05) is 6.42 Å². The molecule has 1 atom stereocenters. The SMILES string of the molecule is O=Cc1cccc2nnc(CC3CCCNC3)n12. The van der Waals surface area contributed by atoms with Crippen LogP contribution in [0.4, 0.5) is 0 Å². The second-order valence-electron chi connectivity index (χ2n) is 4.79. The molecule has 2 aromatic heterocycles. The van der Waals surface area contributed by atoms with Gasteiger partial charge in [0.25, 0.3) is 0 Å². The Balaban J connectivity index is 1.93. The number of carbonyl (C=O) groups excluding carboxylic acids is 1. The molecule has 1 saturated heterocycles. The topological polar surface area (TPSA) is 59.3 Å². The van der Waals surface area contributed by atoms with Crippen LogP contribution in [-0.2, 0) is 6.42 Å². The average molecular weight is 244 g/mol. The first-order valence-electron chi connectivity index (χ1n) is 6.37. The Morgan fingerprint density at radius 2 is 2.39 bits per heavy atom. The Labute approximate surface area is 105 Å². The molecule has 94 valence electrons. The van der Waals surface area contributed by atoms with Crippen molar-refractivity contribution >= 4 is 11.9 Å². The molecule has 1 aliphatic heterocycles. The highest BCUT2D eigenvalue weighted by Gasteiger charge is 2.17. The van der Waals surface area contributed by atoms with E-state index in [1.165, 1.54) is 12.8 Å². The minimum atomic E-state index is 0.589. The van der Waals surface area contributed by atoms with Crippen LogP contribution in [0, 0.1) is 5.92 Å². The van der Waals surface area contributed by atoms with Crippen molar-refractivity contribution in [3.63, 3.8) is 0 Å². The quantitative estimate of drug-likeness (QED) is 0.821. The summed E-state index contributed by atoms with van der Waals surface area (Å²) in [6.07, 6.45) is 4.16. The number of rotatable bonds is 3. The van der Waals surface area contributed by atoms with E-state index in [1.807, 2.05) is 16.5 Å². The lowest BCUT2D eigenvalue weighted by atomic mass is 9.96. The van der Waals surface area contributed by atoms with Crippen molar-refractivity contribution in [3.8, 4) is 0 Å². The fraction of sp³-hybridized carbons (Fsp3) is 0.462. The van der Waals surface area contributed by atoms with E-state index in [1.54, 1.807) is 6.07 Å². The number of hydrogen-bond donors (Lipinski definition) is 1. The lowest BCUT2D eigenvalue weighted by molar-refractivity contribution is 0.111. The van der Waals surface area contributed by atoms with Crippen LogP contribution < -0.4 is 5.32 Å². The van der Waals surface area contributed by atoms with E-state index in [0.717, 1.165) is 37.3 Å². The molecule has 1 N–H and O–H groups in total. The summed E-state index contributed by atoms with van der Waals surface area (Å²) in [5.41, 5.74) is 1.37. The van der Waals surface area contributed by atoms with Gasteiger partial charge in [-0.3, -0.25) is 9.20 Å². The van der Waals surface area contributed by atoms with Gasteiger partial charge in [-0.15, -0.1) is 10.2 Å². The minimum Gasteiger partial charge on any atom is -0.316 e. The van der Waals surface area contributed by atoms with Gasteiger partial charge in [0.15, 0.2) is 11.9 Å². The summed E-state index contributed by atoms with van der Waals surface area (Å²) in [6, 6.07) is 5.51. The van der Waals surface area contributed by atoms with Gasteiger partial charge >= 0.3 is 0 Å². The molecule has 2 aromatic rings. The monoisotopic (exact) mass is 244 g/mol. The highest BCUT2D eigenvalue weighted by atomic mass is 16.1. The van der Waals surface area contributed by atoms with Crippen molar-refractivity contribution in [1.82, 2.24) is 19.9 Å². The van der Waals surface area contributed by atoms with Crippen LogP contribution in [0.3, 0.4) is 0 Å². The maximum atomic E-state index is 11.1. The third-order valence-corrected chi connectivity index (χ3v) is 3.52. The Morgan fingerprint density at radius 3 is 3.17 bits per heavy atom. The smallest absolute Gasteiger partial charge is 0.166 e. The van der Waals surface area contributed by atoms with Crippen LogP contribution in [-0.4, -0.2) is 34.0 Å². The highest BCUT2D eigenvalue weighted by Crippen LogP contribution is 2.16. The van der Waals surface area contributed by atoms with E-state index in [4.69, 9.17) is 0 Å². The summed E-state index contributed by atoms with van der Waals surface area (Å²) in [4.78, 5) is 11.1. The van der Waals surface area contributed by atoms with E-state index >= 15 is 0 Å². The van der Waals surface area contributed by atoms with Crippen LogP contribution in [0.1, 0.15) is 29.2 Å². The van der Waals surface area contributed by atoms with Crippen LogP contribution in [0.15, 0.2) is 18.2 Å². The van der Waals surface area contributed by atoms with Crippen molar-refractivity contribution in [2.75, 3.05) is 13.1 Å². The Morgan fingerprint density at radius 1 is 1.44 bits per heavy atom. The molecule has 5 nitrogen and oxygen atoms in total. The molecular weight excluding hydrogens is 228 g/mol. The van der Waals surface area contributed by atoms with E-state index in [0.29, 0.717) is 11.6 Å². The summed E-state index contributed by atoms with van der Waals surface area (Å²) < 4.78 is 1.86. The summed E-state index contributed by atoms with van der Waals surface area (Å²) in [5.74, 6) is 1.48. The van der Waals surface area contributed by atoms with E-state index in [9.17, 15) is 4.79 Å². The summed E-state index contributed by atoms with van der Waals surface area (Å²) in [6.45, 7) is 2.13. The predicted octanol–water partition coefficient (Wildman–Crippen LogP) is 1.08. The predicted molar refractivity (Wildman–Crippen MR) is 67.7 cm³/mol. The molecule has 0 amide bonds. The second-order valence-corrected chi connectivity index (χ2v) is 4.79. The number of aromatic nitrogens is 3. The molecule has 18 heavy (non-hydrogen) atoms. The van der Waals surface area contributed by atoms with Crippen molar-refractivity contribution in [2.45, 2.75) is 19.3 Å². The lowest BCUT2D eigenvalue weighted by Gasteiger charge is -2.21. The van der Waals surface area contributed by atoms with Gasteiger partial charge in [-0.2, -0.15) is 0 Å². The molecule has 5 heteroatoms. The third-order valence-electron chi connectivity index (χ3n) is 3.52. The number of aldehydes is 1. The standard InChI is InChI=1S/C13H16N4O/c18-9-11-4-1-5-12-15-16-13(17(11)12)7-10-3-2-6-14-8-10/h1,4-5,9-10,14H,2-3,6-8H2. The first-order valence-corrected chi connectivity index (χ1v) is 6.37. The fourth-order valence-electron chi connectivity index (χ4n) is 2.61. The maximum absolute atomic E-state index is 11.1. The molecule has 3 rings (SSSR count). The fourth-order valence-corrected chi connectivity index (χ4v) is 2.61. The van der Waals surface area contributed by atoms with Gasteiger partial charge in [0.1, 0.15) is 5.82 Å². The van der Waals surface area contributed by atoms with Crippen LogP contribution >= 0.6 is 0 Å². The molecule has 1 aliphatic rings. The Kier molecular flexibility index (Phi) is 3.06. The van der Waals surface area contributed by atoms with Crippen LogP contribution in [0.25, 0.3) is 5.65 Å². The van der Waals surface area contributed by atoms with Crippen molar-refractivity contribution in [2.24, 2.45) is 5.92 Å². The van der Waals surface area contributed by atoms with Gasteiger partial charge in [0.05, 0.1) is 5.69 Å². The lowest BCUT2D eigenvalue weighted by Crippen LogP contribution is -2.31. The van der Waals surface area contributed by atoms with Crippen molar-refractivity contribution < 1.29 is 4.79 Å².